The molecule has 3 aromatic rings. The number of β-amino-alcohol motifs (C(OH)–C–C–N with tert-alkyl or cyclic N) is 1. The van der Waals surface area contributed by atoms with E-state index in [0.717, 1.165) is 12.8 Å². The number of aliphatic hydroxyl groups excluding tert-OH is 1. The van der Waals surface area contributed by atoms with Gasteiger partial charge >= 0.3 is 0 Å². The Morgan fingerprint density at radius 3 is 2.56 bits per heavy atom. The van der Waals surface area contributed by atoms with Gasteiger partial charge in [0.2, 0.25) is 5.91 Å². The molecule has 11 nitrogen and oxygen atoms in total. The van der Waals surface area contributed by atoms with Gasteiger partial charge in [0.15, 0.2) is 5.82 Å². The highest BCUT2D eigenvalue weighted by atomic mass is 19.1. The van der Waals surface area contributed by atoms with Gasteiger partial charge in [-0.1, -0.05) is 6.58 Å². The van der Waals surface area contributed by atoms with Crippen LogP contribution >= 0.6 is 0 Å². The molecule has 0 aliphatic carbocycles. The van der Waals surface area contributed by atoms with Crippen molar-refractivity contribution in [2.75, 3.05) is 43.5 Å². The number of aromatic nitrogens is 1. The van der Waals surface area contributed by atoms with Crippen LogP contribution in [0.15, 0.2) is 71.3 Å². The van der Waals surface area contributed by atoms with Crippen molar-refractivity contribution in [3.8, 4) is 17.2 Å². The van der Waals surface area contributed by atoms with E-state index in [0.29, 0.717) is 60.4 Å². The molecule has 2 fully saturated rings. The minimum absolute atomic E-state index is 0.0226. The molecule has 2 saturated heterocycles. The number of anilines is 2. The van der Waals surface area contributed by atoms with Crippen LogP contribution in [-0.4, -0.2) is 78.9 Å². The van der Waals surface area contributed by atoms with E-state index < -0.39 is 5.82 Å². The summed E-state index contributed by atoms with van der Waals surface area (Å²) in [6.45, 7) is 9.43. The Bertz CT molecular complexity index is 1550. The lowest BCUT2D eigenvalue weighted by Crippen LogP contribution is -2.51. The number of aliphatic hydroxyl groups is 1. The topological polar surface area (TPSA) is 138 Å². The van der Waals surface area contributed by atoms with Crippen molar-refractivity contribution in [1.29, 1.82) is 0 Å². The van der Waals surface area contributed by atoms with Gasteiger partial charge in [-0.3, -0.25) is 9.79 Å². The number of piperidine rings is 1. The first-order valence-electron chi connectivity index (χ1n) is 13.9. The Balaban J connectivity index is 1.33. The second-order valence-electron chi connectivity index (χ2n) is 10.3. The fourth-order valence-corrected chi connectivity index (χ4v) is 5.03. The van der Waals surface area contributed by atoms with Gasteiger partial charge in [0, 0.05) is 62.2 Å². The predicted octanol–water partition coefficient (Wildman–Crippen LogP) is 4.16. The zero-order chi connectivity index (χ0) is 30.5. The van der Waals surface area contributed by atoms with E-state index in [1.165, 1.54) is 18.2 Å². The minimum Gasteiger partial charge on any atom is -0.495 e. The van der Waals surface area contributed by atoms with E-state index in [4.69, 9.17) is 15.2 Å². The molecule has 3 heterocycles. The van der Waals surface area contributed by atoms with Gasteiger partial charge in [0.25, 0.3) is 0 Å². The molecule has 1 aromatic heterocycles. The standard InChI is InChI=1S/C31H34FN7O4/c1-4-30(41)38-11-8-19(9-12-38)36-27-15-23(26(34-2)16-28(27)42-3)31(33)37-25-6-5-21(13-24(25)32)43-22-7-10-35-29(14-22)39-17-20(40)18-39/h4-7,10,13-16,19-20,36,40H,1-2,8-9,11-12,17-18H2,3H3,(H2,33,37). The summed E-state index contributed by atoms with van der Waals surface area (Å²) in [7, 11) is 1.55. The van der Waals surface area contributed by atoms with Crippen LogP contribution in [0.1, 0.15) is 18.4 Å². The van der Waals surface area contributed by atoms with Crippen LogP contribution in [0.2, 0.25) is 0 Å². The number of benzene rings is 2. The van der Waals surface area contributed by atoms with Crippen LogP contribution in [0.5, 0.6) is 17.2 Å². The summed E-state index contributed by atoms with van der Waals surface area (Å²) in [6, 6.07) is 11.3. The van der Waals surface area contributed by atoms with Crippen LogP contribution in [-0.2, 0) is 4.79 Å². The van der Waals surface area contributed by atoms with Gasteiger partial charge in [0.05, 0.1) is 24.6 Å². The molecular formula is C31H34FN7O4. The molecule has 0 saturated carbocycles. The summed E-state index contributed by atoms with van der Waals surface area (Å²) >= 11 is 0. The van der Waals surface area contributed by atoms with Crippen LogP contribution in [0, 0.1) is 5.82 Å². The molecule has 0 unspecified atom stereocenters. The first-order chi connectivity index (χ1) is 20.8. The van der Waals surface area contributed by atoms with Gasteiger partial charge in [-0.25, -0.2) is 14.4 Å². The number of nitrogens with two attached hydrogens (primary N) is 1. The van der Waals surface area contributed by atoms with E-state index in [1.807, 2.05) is 4.90 Å². The number of halogens is 1. The van der Waals surface area contributed by atoms with E-state index in [-0.39, 0.29) is 35.3 Å². The van der Waals surface area contributed by atoms with Crippen molar-refractivity contribution in [2.45, 2.75) is 25.0 Å². The average Bonchev–Trinajstić information content (AvgIpc) is 3.00. The summed E-state index contributed by atoms with van der Waals surface area (Å²) in [5.41, 5.74) is 7.96. The maximum atomic E-state index is 15.2. The zero-order valence-corrected chi connectivity index (χ0v) is 23.9. The molecular weight excluding hydrogens is 553 g/mol. The zero-order valence-electron chi connectivity index (χ0n) is 23.9. The van der Waals surface area contributed by atoms with Crippen molar-refractivity contribution in [3.63, 3.8) is 0 Å². The first kappa shape index (κ1) is 29.5. The summed E-state index contributed by atoms with van der Waals surface area (Å²) in [4.78, 5) is 28.3. The highest BCUT2D eigenvalue weighted by Gasteiger charge is 2.26. The van der Waals surface area contributed by atoms with Crippen molar-refractivity contribution in [2.24, 2.45) is 15.7 Å². The van der Waals surface area contributed by atoms with Crippen molar-refractivity contribution in [1.82, 2.24) is 9.88 Å². The maximum absolute atomic E-state index is 15.2. The van der Waals surface area contributed by atoms with Crippen LogP contribution in [0.3, 0.4) is 0 Å². The third-order valence-electron chi connectivity index (χ3n) is 7.40. The molecule has 0 spiro atoms. The number of likely N-dealkylation sites (tertiary alicyclic amines) is 1. The molecule has 0 bridgehead atoms. The molecule has 12 heteroatoms. The highest BCUT2D eigenvalue weighted by molar-refractivity contribution is 6.04. The average molecular weight is 588 g/mol. The van der Waals surface area contributed by atoms with Gasteiger partial charge in [0.1, 0.15) is 34.6 Å². The predicted molar refractivity (Wildman–Crippen MR) is 165 cm³/mol. The number of rotatable bonds is 10. The Morgan fingerprint density at radius 1 is 1.16 bits per heavy atom. The molecule has 2 aliphatic rings. The number of carbonyl (C=O) groups is 1. The minimum atomic E-state index is -0.624. The number of carbonyl (C=O) groups excluding carboxylic acids is 1. The second-order valence-corrected chi connectivity index (χ2v) is 10.3. The molecule has 0 atom stereocenters. The van der Waals surface area contributed by atoms with Gasteiger partial charge in [-0.2, -0.15) is 0 Å². The van der Waals surface area contributed by atoms with E-state index in [9.17, 15) is 9.90 Å². The maximum Gasteiger partial charge on any atom is 0.245 e. The summed E-state index contributed by atoms with van der Waals surface area (Å²) in [5, 5.41) is 13.0. The van der Waals surface area contributed by atoms with Crippen LogP contribution in [0.4, 0.5) is 27.3 Å². The molecule has 2 aliphatic heterocycles. The molecule has 5 rings (SSSR count). The Labute approximate surface area is 249 Å². The number of nitrogens with one attached hydrogen (secondary N) is 1. The number of ether oxygens (including phenoxy) is 2. The van der Waals surface area contributed by atoms with Crippen molar-refractivity contribution < 1.29 is 23.8 Å². The number of hydrogen-bond donors (Lipinski definition) is 3. The normalized spacial score (nSPS) is 15.9. The molecule has 1 amide bonds. The number of pyridine rings is 1. The van der Waals surface area contributed by atoms with Gasteiger partial charge < -0.3 is 35.4 Å². The number of amidine groups is 1. The molecule has 4 N–H and O–H groups in total. The van der Waals surface area contributed by atoms with E-state index >= 15 is 4.39 Å². The largest absolute Gasteiger partial charge is 0.495 e. The fourth-order valence-electron chi connectivity index (χ4n) is 5.03. The fraction of sp³-hybridized carbons (Fsp3) is 0.290. The number of amides is 1. The Kier molecular flexibility index (Phi) is 8.86. The van der Waals surface area contributed by atoms with E-state index in [1.54, 1.807) is 48.5 Å². The van der Waals surface area contributed by atoms with Gasteiger partial charge in [-0.15, -0.1) is 0 Å². The molecule has 0 radical (unpaired) electrons. The number of aliphatic imine (C=N–C) groups is 2. The number of methoxy groups -OCH3 is 1. The Hall–Kier alpha value is -4.97. The smallest absolute Gasteiger partial charge is 0.245 e. The van der Waals surface area contributed by atoms with Crippen LogP contribution < -0.4 is 25.4 Å². The Morgan fingerprint density at radius 2 is 1.91 bits per heavy atom. The third-order valence-corrected chi connectivity index (χ3v) is 7.40. The number of nitrogens with zero attached hydrogens (tertiary/aromatic N) is 5. The quantitative estimate of drug-likeness (QED) is 0.183. The summed E-state index contributed by atoms with van der Waals surface area (Å²) in [6.07, 6.45) is 4.05. The summed E-state index contributed by atoms with van der Waals surface area (Å²) in [5.74, 6) is 1.32. The number of hydrogen-bond acceptors (Lipinski definition) is 9. The monoisotopic (exact) mass is 587 g/mol. The molecule has 224 valence electrons. The van der Waals surface area contributed by atoms with E-state index in [2.05, 4.69) is 33.6 Å². The lowest BCUT2D eigenvalue weighted by atomic mass is 10.0. The van der Waals surface area contributed by atoms with Crippen molar-refractivity contribution >= 4 is 41.3 Å². The lowest BCUT2D eigenvalue weighted by molar-refractivity contribution is -0.126. The summed E-state index contributed by atoms with van der Waals surface area (Å²) < 4.78 is 26.6. The molecule has 2 aromatic carbocycles. The lowest BCUT2D eigenvalue weighted by Gasteiger charge is -2.36. The second kappa shape index (κ2) is 12.9. The SMILES string of the molecule is C=CC(=O)N1CCC(Nc2cc(C(N)=Nc3ccc(Oc4ccnc(N5CC(O)C5)c4)cc3F)c(N=C)cc2OC)CC1. The van der Waals surface area contributed by atoms with Gasteiger partial charge in [-0.05, 0) is 49.9 Å². The van der Waals surface area contributed by atoms with Crippen LogP contribution in [0.25, 0.3) is 0 Å². The highest BCUT2D eigenvalue weighted by Crippen LogP contribution is 2.35. The van der Waals surface area contributed by atoms with Crippen molar-refractivity contribution in [3.05, 3.63) is 72.7 Å². The first-order valence-corrected chi connectivity index (χ1v) is 13.9. The molecule has 43 heavy (non-hydrogen) atoms. The third kappa shape index (κ3) is 6.75.